The highest BCUT2D eigenvalue weighted by Gasteiger charge is 2.14. The molecular weight excluding hydrogens is 268 g/mol. The van der Waals surface area contributed by atoms with Gasteiger partial charge in [0.25, 0.3) is 5.91 Å². The summed E-state index contributed by atoms with van der Waals surface area (Å²) in [6.07, 6.45) is 2.55. The van der Waals surface area contributed by atoms with E-state index in [1.54, 1.807) is 0 Å². The van der Waals surface area contributed by atoms with E-state index in [4.69, 9.17) is 18.0 Å². The molecule has 0 fully saturated rings. The predicted octanol–water partition coefficient (Wildman–Crippen LogP) is 3.17. The first-order valence-electron chi connectivity index (χ1n) is 6.98. The average molecular weight is 292 g/mol. The minimum absolute atomic E-state index is 0.0271. The van der Waals surface area contributed by atoms with Gasteiger partial charge in [0.05, 0.1) is 4.99 Å². The molecule has 0 bridgehead atoms. The molecule has 20 heavy (non-hydrogen) atoms. The molecule has 0 radical (unpaired) electrons. The van der Waals surface area contributed by atoms with Crippen LogP contribution in [0.2, 0.25) is 0 Å². The van der Waals surface area contributed by atoms with E-state index in [1.807, 2.05) is 24.3 Å². The molecule has 0 atom stereocenters. The van der Waals surface area contributed by atoms with Crippen molar-refractivity contribution in [2.45, 2.75) is 45.4 Å². The number of benzene rings is 1. The van der Waals surface area contributed by atoms with Gasteiger partial charge in [-0.25, -0.2) is 0 Å². The van der Waals surface area contributed by atoms with Crippen molar-refractivity contribution in [1.82, 2.24) is 5.32 Å². The monoisotopic (exact) mass is 292 g/mol. The normalized spacial score (nSPS) is 11.2. The van der Waals surface area contributed by atoms with Gasteiger partial charge in [-0.1, -0.05) is 45.1 Å². The molecule has 3 N–H and O–H groups in total. The number of hydrogen-bond acceptors (Lipinski definition) is 2. The number of hydrogen-bond donors (Lipinski definition) is 2. The second-order valence-electron chi connectivity index (χ2n) is 6.01. The molecule has 1 aromatic carbocycles. The third-order valence-corrected chi connectivity index (χ3v) is 3.35. The Hall–Kier alpha value is -1.42. The lowest BCUT2D eigenvalue weighted by Gasteiger charge is -2.19. The van der Waals surface area contributed by atoms with Gasteiger partial charge in [0.15, 0.2) is 0 Å². The third-order valence-electron chi connectivity index (χ3n) is 3.15. The van der Waals surface area contributed by atoms with Crippen LogP contribution in [0.5, 0.6) is 0 Å². The van der Waals surface area contributed by atoms with E-state index in [0.29, 0.717) is 17.1 Å². The molecule has 0 aliphatic rings. The van der Waals surface area contributed by atoms with Crippen LogP contribution in [0, 0.1) is 0 Å². The number of carbonyl (C=O) groups is 1. The van der Waals surface area contributed by atoms with E-state index in [9.17, 15) is 4.79 Å². The Morgan fingerprint density at radius 3 is 2.30 bits per heavy atom. The zero-order valence-corrected chi connectivity index (χ0v) is 13.3. The van der Waals surface area contributed by atoms with Gasteiger partial charge in [-0.3, -0.25) is 4.79 Å². The lowest BCUT2D eigenvalue weighted by Crippen LogP contribution is -2.24. The minimum Gasteiger partial charge on any atom is -0.393 e. The first kappa shape index (κ1) is 16.6. The van der Waals surface area contributed by atoms with E-state index in [-0.39, 0.29) is 11.3 Å². The van der Waals surface area contributed by atoms with Crippen molar-refractivity contribution in [3.05, 3.63) is 35.4 Å². The van der Waals surface area contributed by atoms with E-state index in [2.05, 4.69) is 26.1 Å². The largest absolute Gasteiger partial charge is 0.393 e. The van der Waals surface area contributed by atoms with Gasteiger partial charge in [0.1, 0.15) is 0 Å². The van der Waals surface area contributed by atoms with Gasteiger partial charge >= 0.3 is 0 Å². The number of rotatable bonds is 6. The second kappa shape index (κ2) is 7.39. The van der Waals surface area contributed by atoms with Gasteiger partial charge in [0, 0.05) is 12.1 Å². The Morgan fingerprint density at radius 2 is 1.80 bits per heavy atom. The van der Waals surface area contributed by atoms with Gasteiger partial charge in [0.2, 0.25) is 0 Å². The Bertz CT molecular complexity index is 460. The number of thiocarbonyl (C=S) groups is 1. The maximum Gasteiger partial charge on any atom is 0.251 e. The molecule has 1 aromatic rings. The maximum absolute atomic E-state index is 11.9. The van der Waals surface area contributed by atoms with Crippen LogP contribution in [-0.2, 0) is 5.41 Å². The summed E-state index contributed by atoms with van der Waals surface area (Å²) in [5, 5.41) is 2.91. The first-order valence-corrected chi connectivity index (χ1v) is 7.38. The number of nitrogens with one attached hydrogen (secondary N) is 1. The van der Waals surface area contributed by atoms with E-state index in [1.165, 1.54) is 5.56 Å². The quantitative estimate of drug-likeness (QED) is 0.625. The van der Waals surface area contributed by atoms with Crippen molar-refractivity contribution in [2.24, 2.45) is 5.73 Å². The second-order valence-corrected chi connectivity index (χ2v) is 6.53. The number of unbranched alkanes of at least 4 members (excludes halogenated alkanes) is 1. The van der Waals surface area contributed by atoms with Gasteiger partial charge in [-0.05, 0) is 42.4 Å². The van der Waals surface area contributed by atoms with Crippen molar-refractivity contribution in [1.29, 1.82) is 0 Å². The summed E-state index contributed by atoms with van der Waals surface area (Å²) in [5.74, 6) is -0.0271. The summed E-state index contributed by atoms with van der Waals surface area (Å²) >= 11 is 4.81. The highest BCUT2D eigenvalue weighted by atomic mass is 32.1. The molecule has 0 spiro atoms. The summed E-state index contributed by atoms with van der Waals surface area (Å²) in [5.41, 5.74) is 7.45. The van der Waals surface area contributed by atoms with Crippen LogP contribution in [0.3, 0.4) is 0 Å². The standard InChI is InChI=1S/C16H24N2OS/c1-16(2,3)13-9-7-12(8-10-13)15(19)18-11-5-4-6-14(17)20/h7-10H,4-6,11H2,1-3H3,(H2,17,20)(H,18,19). The summed E-state index contributed by atoms with van der Waals surface area (Å²) in [6.45, 7) is 7.13. The lowest BCUT2D eigenvalue weighted by atomic mass is 9.87. The molecule has 110 valence electrons. The Kier molecular flexibility index (Phi) is 6.14. The van der Waals surface area contributed by atoms with E-state index >= 15 is 0 Å². The molecule has 0 aromatic heterocycles. The molecule has 1 amide bonds. The van der Waals surface area contributed by atoms with Crippen molar-refractivity contribution in [3.8, 4) is 0 Å². The van der Waals surface area contributed by atoms with Crippen molar-refractivity contribution in [3.63, 3.8) is 0 Å². The molecule has 0 saturated heterocycles. The number of amides is 1. The van der Waals surface area contributed by atoms with Crippen LogP contribution >= 0.6 is 12.2 Å². The molecule has 0 aliphatic heterocycles. The third kappa shape index (κ3) is 5.70. The Labute approximate surface area is 126 Å². The van der Waals surface area contributed by atoms with E-state index in [0.717, 1.165) is 19.3 Å². The van der Waals surface area contributed by atoms with Crippen LogP contribution in [-0.4, -0.2) is 17.4 Å². The fourth-order valence-electron chi connectivity index (χ4n) is 1.85. The van der Waals surface area contributed by atoms with Gasteiger partial charge < -0.3 is 11.1 Å². The minimum atomic E-state index is -0.0271. The van der Waals surface area contributed by atoms with Crippen molar-refractivity contribution < 1.29 is 4.79 Å². The Morgan fingerprint density at radius 1 is 1.20 bits per heavy atom. The fourth-order valence-corrected chi connectivity index (χ4v) is 1.99. The summed E-state index contributed by atoms with van der Waals surface area (Å²) in [6, 6.07) is 7.79. The zero-order valence-electron chi connectivity index (χ0n) is 12.5. The zero-order chi connectivity index (χ0) is 15.2. The molecule has 0 unspecified atom stereocenters. The summed E-state index contributed by atoms with van der Waals surface area (Å²) in [7, 11) is 0. The van der Waals surface area contributed by atoms with Crippen molar-refractivity contribution in [2.75, 3.05) is 6.54 Å². The van der Waals surface area contributed by atoms with Gasteiger partial charge in [-0.15, -0.1) is 0 Å². The molecule has 0 aliphatic carbocycles. The molecule has 0 saturated carbocycles. The molecule has 4 heteroatoms. The molecular formula is C16H24N2OS. The molecule has 1 rings (SSSR count). The number of carbonyl (C=O) groups excluding carboxylic acids is 1. The smallest absolute Gasteiger partial charge is 0.251 e. The average Bonchev–Trinajstić information content (AvgIpc) is 2.37. The highest BCUT2D eigenvalue weighted by Crippen LogP contribution is 2.22. The van der Waals surface area contributed by atoms with Crippen LogP contribution in [0.15, 0.2) is 24.3 Å². The van der Waals surface area contributed by atoms with Crippen LogP contribution < -0.4 is 11.1 Å². The Balaban J connectivity index is 2.42. The first-order chi connectivity index (χ1) is 9.30. The van der Waals surface area contributed by atoms with Crippen molar-refractivity contribution >= 4 is 23.1 Å². The molecule has 0 heterocycles. The lowest BCUT2D eigenvalue weighted by molar-refractivity contribution is 0.0953. The van der Waals surface area contributed by atoms with Crippen LogP contribution in [0.4, 0.5) is 0 Å². The maximum atomic E-state index is 11.9. The summed E-state index contributed by atoms with van der Waals surface area (Å²) in [4.78, 5) is 12.5. The number of nitrogens with two attached hydrogens (primary N) is 1. The van der Waals surface area contributed by atoms with E-state index < -0.39 is 0 Å². The predicted molar refractivity (Wildman–Crippen MR) is 88.1 cm³/mol. The van der Waals surface area contributed by atoms with Gasteiger partial charge in [-0.2, -0.15) is 0 Å². The highest BCUT2D eigenvalue weighted by molar-refractivity contribution is 7.80. The van der Waals surface area contributed by atoms with Crippen LogP contribution in [0.25, 0.3) is 0 Å². The SMILES string of the molecule is CC(C)(C)c1ccc(C(=O)NCCCCC(N)=S)cc1. The molecule has 3 nitrogen and oxygen atoms in total. The van der Waals surface area contributed by atoms with Crippen LogP contribution in [0.1, 0.15) is 56.0 Å². The topological polar surface area (TPSA) is 55.1 Å². The fraction of sp³-hybridized carbons (Fsp3) is 0.500. The summed E-state index contributed by atoms with van der Waals surface area (Å²) < 4.78 is 0.